The maximum atomic E-state index is 13.1. The average Bonchev–Trinajstić information content (AvgIpc) is 2.28. The number of nitrogens with two attached hydrogens (primary N) is 1. The van der Waals surface area contributed by atoms with Crippen molar-refractivity contribution in [1.82, 2.24) is 4.90 Å². The summed E-state index contributed by atoms with van der Waals surface area (Å²) in [4.78, 5) is 2.05. The highest BCUT2D eigenvalue weighted by Gasteiger charge is 2.02. The van der Waals surface area contributed by atoms with Crippen LogP contribution in [0.5, 0.6) is 0 Å². The van der Waals surface area contributed by atoms with Gasteiger partial charge in [-0.3, -0.25) is 0 Å². The van der Waals surface area contributed by atoms with Gasteiger partial charge in [-0.15, -0.1) is 0 Å². The number of nitrogens with zero attached hydrogens (tertiary/aromatic N) is 1. The molecule has 5 heteroatoms. The Hall–Kier alpha value is -1.33. The molecule has 0 aliphatic heterocycles. The standard InChI is InChI=1S/C12H20FN3O/c1-16(2)7-9-17-8-6-15-11-5-3-4-10(13)12(11)14/h3-5,15H,6-9,14H2,1-2H3. The van der Waals surface area contributed by atoms with Gasteiger partial charge in [-0.2, -0.15) is 0 Å². The quantitative estimate of drug-likeness (QED) is 0.559. The minimum Gasteiger partial charge on any atom is -0.395 e. The van der Waals surface area contributed by atoms with Crippen LogP contribution in [0.15, 0.2) is 18.2 Å². The molecule has 0 unspecified atom stereocenters. The Morgan fingerprint density at radius 1 is 1.35 bits per heavy atom. The van der Waals surface area contributed by atoms with Crippen molar-refractivity contribution < 1.29 is 9.13 Å². The molecule has 4 nitrogen and oxygen atoms in total. The third kappa shape index (κ3) is 5.01. The summed E-state index contributed by atoms with van der Waals surface area (Å²) < 4.78 is 18.5. The molecule has 0 saturated heterocycles. The number of ether oxygens (including phenoxy) is 1. The summed E-state index contributed by atoms with van der Waals surface area (Å²) >= 11 is 0. The Labute approximate surface area is 102 Å². The molecule has 0 radical (unpaired) electrons. The number of para-hydroxylation sites is 1. The highest BCUT2D eigenvalue weighted by Crippen LogP contribution is 2.20. The second-order valence-electron chi connectivity index (χ2n) is 4.04. The second kappa shape index (κ2) is 7.09. The van der Waals surface area contributed by atoms with Crippen molar-refractivity contribution >= 4 is 11.4 Å². The summed E-state index contributed by atoms with van der Waals surface area (Å²) in [7, 11) is 3.99. The molecule has 0 aliphatic carbocycles. The number of anilines is 2. The van der Waals surface area contributed by atoms with Crippen molar-refractivity contribution in [1.29, 1.82) is 0 Å². The lowest BCUT2D eigenvalue weighted by molar-refractivity contribution is 0.126. The molecule has 0 bridgehead atoms. The highest BCUT2D eigenvalue weighted by molar-refractivity contribution is 5.66. The van der Waals surface area contributed by atoms with Crippen LogP contribution >= 0.6 is 0 Å². The van der Waals surface area contributed by atoms with Gasteiger partial charge in [0.15, 0.2) is 0 Å². The number of halogens is 1. The molecule has 0 saturated carbocycles. The van der Waals surface area contributed by atoms with Crippen molar-refractivity contribution in [3.63, 3.8) is 0 Å². The third-order valence-corrected chi connectivity index (χ3v) is 2.30. The first-order valence-corrected chi connectivity index (χ1v) is 5.61. The number of rotatable bonds is 7. The molecule has 0 fully saturated rings. The zero-order valence-electron chi connectivity index (χ0n) is 10.4. The Kier molecular flexibility index (Phi) is 5.72. The molecule has 0 aliphatic rings. The summed E-state index contributed by atoms with van der Waals surface area (Å²) in [5, 5.41) is 3.04. The van der Waals surface area contributed by atoms with E-state index in [9.17, 15) is 4.39 Å². The topological polar surface area (TPSA) is 50.5 Å². The first-order valence-electron chi connectivity index (χ1n) is 5.61. The van der Waals surface area contributed by atoms with Crippen LogP contribution in [-0.2, 0) is 4.74 Å². The van der Waals surface area contributed by atoms with Crippen LogP contribution < -0.4 is 11.1 Å². The van der Waals surface area contributed by atoms with E-state index in [1.807, 2.05) is 14.1 Å². The van der Waals surface area contributed by atoms with Crippen LogP contribution in [0.3, 0.4) is 0 Å². The Morgan fingerprint density at radius 2 is 2.12 bits per heavy atom. The van der Waals surface area contributed by atoms with Gasteiger partial charge in [0.05, 0.1) is 24.6 Å². The second-order valence-corrected chi connectivity index (χ2v) is 4.04. The normalized spacial score (nSPS) is 10.8. The van der Waals surface area contributed by atoms with Gasteiger partial charge in [0.1, 0.15) is 5.82 Å². The van der Waals surface area contributed by atoms with Crippen LogP contribution in [0.1, 0.15) is 0 Å². The number of likely N-dealkylation sites (N-methyl/N-ethyl adjacent to an activating group) is 1. The Balaban J connectivity index is 2.20. The van der Waals surface area contributed by atoms with Gasteiger partial charge in [-0.05, 0) is 26.2 Å². The largest absolute Gasteiger partial charge is 0.395 e. The maximum absolute atomic E-state index is 13.1. The fourth-order valence-corrected chi connectivity index (χ4v) is 1.30. The Morgan fingerprint density at radius 3 is 2.82 bits per heavy atom. The van der Waals surface area contributed by atoms with E-state index >= 15 is 0 Å². The summed E-state index contributed by atoms with van der Waals surface area (Å²) in [5.74, 6) is -0.400. The smallest absolute Gasteiger partial charge is 0.148 e. The van der Waals surface area contributed by atoms with E-state index in [2.05, 4.69) is 10.2 Å². The molecular formula is C12H20FN3O. The lowest BCUT2D eigenvalue weighted by atomic mass is 10.2. The highest BCUT2D eigenvalue weighted by atomic mass is 19.1. The predicted octanol–water partition coefficient (Wildman–Crippen LogP) is 1.40. The number of benzene rings is 1. The first kappa shape index (κ1) is 13.7. The van der Waals surface area contributed by atoms with E-state index in [1.165, 1.54) is 6.07 Å². The summed E-state index contributed by atoms with van der Waals surface area (Å²) in [5.41, 5.74) is 6.34. The van der Waals surface area contributed by atoms with Crippen LogP contribution in [0.4, 0.5) is 15.8 Å². The van der Waals surface area contributed by atoms with Crippen molar-refractivity contribution in [2.75, 3.05) is 51.4 Å². The summed E-state index contributed by atoms with van der Waals surface area (Å²) in [6, 6.07) is 4.72. The minimum atomic E-state index is -0.400. The molecule has 1 aromatic carbocycles. The lowest BCUT2D eigenvalue weighted by Crippen LogP contribution is -2.20. The molecule has 0 heterocycles. The fourth-order valence-electron chi connectivity index (χ4n) is 1.30. The lowest BCUT2D eigenvalue weighted by Gasteiger charge is -2.12. The SMILES string of the molecule is CN(C)CCOCCNc1cccc(F)c1N. The van der Waals surface area contributed by atoms with Crippen LogP contribution in [-0.4, -0.2) is 45.3 Å². The third-order valence-electron chi connectivity index (χ3n) is 2.30. The van der Waals surface area contributed by atoms with Crippen LogP contribution in [0.2, 0.25) is 0 Å². The fraction of sp³-hybridized carbons (Fsp3) is 0.500. The molecule has 0 spiro atoms. The number of hydrogen-bond acceptors (Lipinski definition) is 4. The molecule has 1 rings (SSSR count). The molecular weight excluding hydrogens is 221 g/mol. The van der Waals surface area contributed by atoms with Gasteiger partial charge in [-0.1, -0.05) is 6.07 Å². The van der Waals surface area contributed by atoms with Gasteiger partial charge in [-0.25, -0.2) is 4.39 Å². The molecule has 3 N–H and O–H groups in total. The average molecular weight is 241 g/mol. The summed E-state index contributed by atoms with van der Waals surface area (Å²) in [6.07, 6.45) is 0. The van der Waals surface area contributed by atoms with Crippen LogP contribution in [0, 0.1) is 5.82 Å². The first-order chi connectivity index (χ1) is 8.11. The van der Waals surface area contributed by atoms with Gasteiger partial charge < -0.3 is 20.7 Å². The number of hydrogen-bond donors (Lipinski definition) is 2. The number of nitrogens with one attached hydrogen (secondary N) is 1. The molecule has 17 heavy (non-hydrogen) atoms. The molecule has 0 amide bonds. The van der Waals surface area contributed by atoms with E-state index in [-0.39, 0.29) is 5.69 Å². The van der Waals surface area contributed by atoms with E-state index in [0.29, 0.717) is 25.4 Å². The van der Waals surface area contributed by atoms with Gasteiger partial charge in [0.25, 0.3) is 0 Å². The van der Waals surface area contributed by atoms with Gasteiger partial charge in [0, 0.05) is 13.1 Å². The van der Waals surface area contributed by atoms with Crippen molar-refractivity contribution in [2.45, 2.75) is 0 Å². The minimum absolute atomic E-state index is 0.154. The van der Waals surface area contributed by atoms with Gasteiger partial charge >= 0.3 is 0 Å². The van der Waals surface area contributed by atoms with E-state index < -0.39 is 5.82 Å². The van der Waals surface area contributed by atoms with Crippen molar-refractivity contribution in [3.8, 4) is 0 Å². The number of nitrogen functional groups attached to an aromatic ring is 1. The summed E-state index contributed by atoms with van der Waals surface area (Å²) in [6.45, 7) is 2.76. The molecule has 0 aromatic heterocycles. The van der Waals surface area contributed by atoms with Crippen molar-refractivity contribution in [2.24, 2.45) is 0 Å². The van der Waals surface area contributed by atoms with E-state index in [0.717, 1.165) is 6.54 Å². The van der Waals surface area contributed by atoms with E-state index in [4.69, 9.17) is 10.5 Å². The molecule has 1 aromatic rings. The van der Waals surface area contributed by atoms with Crippen LogP contribution in [0.25, 0.3) is 0 Å². The maximum Gasteiger partial charge on any atom is 0.148 e. The zero-order chi connectivity index (χ0) is 12.7. The van der Waals surface area contributed by atoms with Crippen molar-refractivity contribution in [3.05, 3.63) is 24.0 Å². The van der Waals surface area contributed by atoms with Gasteiger partial charge in [0.2, 0.25) is 0 Å². The predicted molar refractivity (Wildman–Crippen MR) is 68.7 cm³/mol. The monoisotopic (exact) mass is 241 g/mol. The van der Waals surface area contributed by atoms with E-state index in [1.54, 1.807) is 12.1 Å². The molecule has 0 atom stereocenters. The Bertz CT molecular complexity index is 345. The zero-order valence-corrected chi connectivity index (χ0v) is 10.4. The molecule has 96 valence electrons.